The highest BCUT2D eigenvalue weighted by atomic mass is 19.1. The molecule has 2 bridgehead atoms. The van der Waals surface area contributed by atoms with Gasteiger partial charge in [-0.05, 0) is 44.4 Å². The summed E-state index contributed by atoms with van der Waals surface area (Å²) in [6.07, 6.45) is 2.24. The van der Waals surface area contributed by atoms with E-state index in [0.717, 1.165) is 12.1 Å². The number of aryl methyl sites for hydroxylation is 1. The number of aromatic nitrogens is 1. The molecule has 0 saturated carbocycles. The van der Waals surface area contributed by atoms with Gasteiger partial charge in [0.1, 0.15) is 17.2 Å². The predicted octanol–water partition coefficient (Wildman–Crippen LogP) is 2.26. The Hall–Kier alpha value is -3.27. The number of ether oxygens (including phenoxy) is 1. The zero-order chi connectivity index (χ0) is 24.0. The van der Waals surface area contributed by atoms with Crippen LogP contribution in [0, 0.1) is 18.6 Å². The van der Waals surface area contributed by atoms with Crippen molar-refractivity contribution in [3.8, 4) is 5.75 Å². The molecule has 176 valence electrons. The summed E-state index contributed by atoms with van der Waals surface area (Å²) in [4.78, 5) is 40.2. The Morgan fingerprint density at radius 3 is 2.55 bits per heavy atom. The summed E-state index contributed by atoms with van der Waals surface area (Å²) in [5.74, 6) is -3.89. The van der Waals surface area contributed by atoms with Crippen LogP contribution >= 0.6 is 0 Å². The first-order valence-electron chi connectivity index (χ1n) is 10.7. The van der Waals surface area contributed by atoms with Gasteiger partial charge in [-0.1, -0.05) is 0 Å². The third-order valence-corrected chi connectivity index (χ3v) is 6.50. The summed E-state index contributed by atoms with van der Waals surface area (Å²) in [5, 5.41) is 13.0. The summed E-state index contributed by atoms with van der Waals surface area (Å²) in [6, 6.07) is 1.75. The van der Waals surface area contributed by atoms with E-state index in [2.05, 4.69) is 5.32 Å². The molecule has 33 heavy (non-hydrogen) atoms. The molecule has 0 unspecified atom stereocenters. The molecule has 2 amide bonds. The third-order valence-electron chi connectivity index (χ3n) is 6.50. The lowest BCUT2D eigenvalue weighted by molar-refractivity contribution is 0.0330. The minimum atomic E-state index is -1.03. The average Bonchev–Trinajstić information content (AvgIpc) is 2.90. The van der Waals surface area contributed by atoms with E-state index in [-0.39, 0.29) is 23.4 Å². The molecule has 0 aliphatic carbocycles. The summed E-state index contributed by atoms with van der Waals surface area (Å²) in [7, 11) is 1.54. The fourth-order valence-electron chi connectivity index (χ4n) is 4.63. The van der Waals surface area contributed by atoms with E-state index in [4.69, 9.17) is 4.74 Å². The van der Waals surface area contributed by atoms with Crippen molar-refractivity contribution in [1.29, 1.82) is 0 Å². The number of aromatic hydroxyl groups is 1. The molecule has 10 heteroatoms. The highest BCUT2D eigenvalue weighted by Crippen LogP contribution is 2.35. The van der Waals surface area contributed by atoms with Gasteiger partial charge in [-0.3, -0.25) is 14.4 Å². The smallest absolute Gasteiger partial charge is 0.274 e. The van der Waals surface area contributed by atoms with Gasteiger partial charge in [0.15, 0.2) is 11.4 Å². The lowest BCUT2D eigenvalue weighted by atomic mass is 10.0. The maximum absolute atomic E-state index is 14.1. The van der Waals surface area contributed by atoms with Gasteiger partial charge in [0.2, 0.25) is 5.43 Å². The number of methoxy groups -OCH3 is 1. The standard InChI is InChI=1S/C23H25F2N3O5/c1-11-6-15(24)13(16(25)7-11)8-26-22(31)14-9-28-17-10-27(12(2)4-5-18(17)33-3)23(32)19(28)21(30)20(14)29/h6-7,9,12,17-18,30H,4-5,8,10H2,1-3H3,(H,26,31)/t12-,17+,18+/m0/s1. The first kappa shape index (κ1) is 22.9. The van der Waals surface area contributed by atoms with E-state index < -0.39 is 52.8 Å². The van der Waals surface area contributed by atoms with Crippen LogP contribution in [-0.2, 0) is 11.3 Å². The SMILES string of the molecule is CO[C@@H]1CC[C@H](C)N2C[C@H]1n1cc(C(=O)NCc3c(F)cc(C)cc3F)c(=O)c(O)c1C2=O. The lowest BCUT2D eigenvalue weighted by Crippen LogP contribution is -2.49. The second-order valence-corrected chi connectivity index (χ2v) is 8.59. The quantitative estimate of drug-likeness (QED) is 0.728. The van der Waals surface area contributed by atoms with E-state index >= 15 is 0 Å². The maximum Gasteiger partial charge on any atom is 0.274 e. The summed E-state index contributed by atoms with van der Waals surface area (Å²) in [5.41, 5.74) is -1.61. The number of benzene rings is 1. The van der Waals surface area contributed by atoms with E-state index in [1.807, 2.05) is 6.92 Å². The van der Waals surface area contributed by atoms with E-state index in [1.54, 1.807) is 12.0 Å². The number of hydrogen-bond donors (Lipinski definition) is 2. The van der Waals surface area contributed by atoms with Crippen LogP contribution in [-0.4, -0.2) is 52.2 Å². The second-order valence-electron chi connectivity index (χ2n) is 8.59. The fourth-order valence-corrected chi connectivity index (χ4v) is 4.63. The number of carbonyl (C=O) groups is 2. The van der Waals surface area contributed by atoms with Gasteiger partial charge < -0.3 is 24.6 Å². The number of nitrogens with one attached hydrogen (secondary N) is 1. The Bertz CT molecular complexity index is 1170. The van der Waals surface area contributed by atoms with Crippen molar-refractivity contribution >= 4 is 11.8 Å². The van der Waals surface area contributed by atoms with Crippen LogP contribution in [0.5, 0.6) is 5.75 Å². The average molecular weight is 461 g/mol. The first-order chi connectivity index (χ1) is 15.6. The number of fused-ring (bicyclic) bond motifs is 4. The van der Waals surface area contributed by atoms with Gasteiger partial charge in [0.05, 0.1) is 12.1 Å². The van der Waals surface area contributed by atoms with Gasteiger partial charge >= 0.3 is 0 Å². The first-order valence-corrected chi connectivity index (χ1v) is 10.7. The van der Waals surface area contributed by atoms with Crippen LogP contribution in [0.2, 0.25) is 0 Å². The van der Waals surface area contributed by atoms with Crippen LogP contribution in [0.1, 0.15) is 57.8 Å². The van der Waals surface area contributed by atoms with Crippen molar-refractivity contribution in [2.24, 2.45) is 0 Å². The number of pyridine rings is 1. The summed E-state index contributed by atoms with van der Waals surface area (Å²) >= 11 is 0. The Labute approximate surface area is 188 Å². The molecule has 0 radical (unpaired) electrons. The minimum Gasteiger partial charge on any atom is -0.503 e. The molecule has 2 N–H and O–H groups in total. The molecular formula is C23H25F2N3O5. The number of carbonyl (C=O) groups excluding carboxylic acids is 2. The fraction of sp³-hybridized carbons (Fsp3) is 0.435. The maximum atomic E-state index is 14.1. The van der Waals surface area contributed by atoms with Gasteiger partial charge in [0.25, 0.3) is 11.8 Å². The molecule has 1 saturated heterocycles. The van der Waals surface area contributed by atoms with Crippen molar-refractivity contribution < 1.29 is 28.2 Å². The van der Waals surface area contributed by atoms with E-state index in [0.29, 0.717) is 24.9 Å². The molecule has 8 nitrogen and oxygen atoms in total. The molecule has 0 spiro atoms. The zero-order valence-corrected chi connectivity index (χ0v) is 18.5. The number of rotatable bonds is 4. The van der Waals surface area contributed by atoms with Crippen LogP contribution in [0.15, 0.2) is 23.1 Å². The molecule has 4 rings (SSSR count). The monoisotopic (exact) mass is 461 g/mol. The molecule has 3 atom stereocenters. The molecule has 1 aromatic carbocycles. The molecule has 1 aromatic heterocycles. The van der Waals surface area contributed by atoms with Crippen molar-refractivity contribution in [2.45, 2.75) is 51.4 Å². The molecule has 3 heterocycles. The highest BCUT2D eigenvalue weighted by Gasteiger charge is 2.42. The third kappa shape index (κ3) is 3.88. The van der Waals surface area contributed by atoms with Gasteiger partial charge in [-0.15, -0.1) is 0 Å². The molecule has 2 aliphatic rings. The number of halogens is 2. The summed E-state index contributed by atoms with van der Waals surface area (Å²) in [6.45, 7) is 3.24. The normalized spacial score (nSPS) is 22.0. The molecule has 2 aliphatic heterocycles. The van der Waals surface area contributed by atoms with Crippen molar-refractivity contribution in [3.05, 3.63) is 62.6 Å². The van der Waals surface area contributed by atoms with Crippen LogP contribution in [0.3, 0.4) is 0 Å². The topological polar surface area (TPSA) is 101 Å². The number of hydrogen-bond acceptors (Lipinski definition) is 5. The predicted molar refractivity (Wildman–Crippen MR) is 114 cm³/mol. The largest absolute Gasteiger partial charge is 0.503 e. The van der Waals surface area contributed by atoms with Gasteiger partial charge in [-0.25, -0.2) is 8.78 Å². The summed E-state index contributed by atoms with van der Waals surface area (Å²) < 4.78 is 35.3. The molecule has 1 fully saturated rings. The number of nitrogens with zero attached hydrogens (tertiary/aromatic N) is 2. The van der Waals surface area contributed by atoms with Crippen LogP contribution in [0.25, 0.3) is 0 Å². The van der Waals surface area contributed by atoms with Crippen molar-refractivity contribution in [2.75, 3.05) is 13.7 Å². The van der Waals surface area contributed by atoms with Crippen molar-refractivity contribution in [1.82, 2.24) is 14.8 Å². The van der Waals surface area contributed by atoms with Gasteiger partial charge in [0, 0.05) is 38.0 Å². The van der Waals surface area contributed by atoms with Gasteiger partial charge in [-0.2, -0.15) is 0 Å². The zero-order valence-electron chi connectivity index (χ0n) is 18.5. The second kappa shape index (κ2) is 8.58. The highest BCUT2D eigenvalue weighted by molar-refractivity contribution is 5.99. The Kier molecular flexibility index (Phi) is 5.96. The lowest BCUT2D eigenvalue weighted by Gasteiger charge is -2.38. The van der Waals surface area contributed by atoms with E-state index in [1.165, 1.54) is 17.7 Å². The van der Waals surface area contributed by atoms with E-state index in [9.17, 15) is 28.3 Å². The molecule has 2 aromatic rings. The van der Waals surface area contributed by atoms with Crippen LogP contribution in [0.4, 0.5) is 8.78 Å². The van der Waals surface area contributed by atoms with Crippen molar-refractivity contribution in [3.63, 3.8) is 0 Å². The Morgan fingerprint density at radius 1 is 1.24 bits per heavy atom. The van der Waals surface area contributed by atoms with Crippen LogP contribution < -0.4 is 10.7 Å². The Balaban J connectivity index is 1.71. The minimum absolute atomic E-state index is 0.106. The Morgan fingerprint density at radius 2 is 1.91 bits per heavy atom. The molecular weight excluding hydrogens is 436 g/mol. The number of amides is 2.